The van der Waals surface area contributed by atoms with E-state index in [1.54, 1.807) is 78.9 Å². The normalized spacial score (nSPS) is 18.3. The number of allylic oxidation sites excluding steroid dienone is 2. The zero-order valence-electron chi connectivity index (χ0n) is 18.2. The molecule has 0 saturated carbocycles. The number of rotatable bonds is 6. The average Bonchev–Trinajstić information content (AvgIpc) is 3.19. The lowest BCUT2D eigenvalue weighted by Gasteiger charge is -2.29. The first-order chi connectivity index (χ1) is 16.8. The summed E-state index contributed by atoms with van der Waals surface area (Å²) >= 11 is 12.8. The molecule has 0 amide bonds. The number of Topliss-reactive ketones (excluding diaryl/α,β-unsaturated/α-hetero) is 2. The van der Waals surface area contributed by atoms with Crippen LogP contribution in [-0.2, 0) is 0 Å². The Labute approximate surface area is 225 Å². The van der Waals surface area contributed by atoms with Crippen LogP contribution < -0.4 is 0 Å². The first-order valence-electron chi connectivity index (χ1n) is 10.7. The van der Waals surface area contributed by atoms with Gasteiger partial charge in [0.25, 0.3) is 0 Å². The van der Waals surface area contributed by atoms with Crippen molar-refractivity contribution in [1.82, 2.24) is 0 Å². The van der Waals surface area contributed by atoms with Crippen molar-refractivity contribution < 1.29 is 9.59 Å². The maximum atomic E-state index is 13.6. The van der Waals surface area contributed by atoms with E-state index in [9.17, 15) is 20.1 Å². The minimum absolute atomic E-state index is 0.0794. The Morgan fingerprint density at radius 3 is 1.86 bits per heavy atom. The van der Waals surface area contributed by atoms with Crippen molar-refractivity contribution in [2.75, 3.05) is 0 Å². The van der Waals surface area contributed by atoms with E-state index in [0.717, 1.165) is 8.95 Å². The van der Waals surface area contributed by atoms with E-state index in [-0.39, 0.29) is 18.0 Å². The van der Waals surface area contributed by atoms with Crippen molar-refractivity contribution >= 4 is 55.0 Å². The number of hydrogen-bond acceptors (Lipinski definition) is 4. The minimum Gasteiger partial charge on any atom is -0.294 e. The zero-order valence-corrected chi connectivity index (χ0v) is 22.1. The van der Waals surface area contributed by atoms with Gasteiger partial charge in [0, 0.05) is 48.9 Å². The Kier molecular flexibility index (Phi) is 7.38. The van der Waals surface area contributed by atoms with Gasteiger partial charge in [-0.3, -0.25) is 9.59 Å². The number of carbonyl (C=O) groups is 2. The fourth-order valence-corrected chi connectivity index (χ4v) is 5.12. The van der Waals surface area contributed by atoms with E-state index in [0.29, 0.717) is 27.3 Å². The highest BCUT2D eigenvalue weighted by Crippen LogP contribution is 2.54. The molecule has 3 aromatic rings. The molecule has 4 nitrogen and oxygen atoms in total. The van der Waals surface area contributed by atoms with Crippen LogP contribution in [0, 0.1) is 34.0 Å². The molecule has 0 aliphatic heterocycles. The first kappa shape index (κ1) is 25.1. The second kappa shape index (κ2) is 10.3. The molecular formula is C28H17Br2ClN2O2. The van der Waals surface area contributed by atoms with E-state index < -0.39 is 17.3 Å². The van der Waals surface area contributed by atoms with Crippen molar-refractivity contribution in [1.29, 1.82) is 10.5 Å². The third-order valence-electron chi connectivity index (χ3n) is 6.25. The van der Waals surface area contributed by atoms with E-state index >= 15 is 0 Å². The van der Waals surface area contributed by atoms with Gasteiger partial charge in [0.05, 0.1) is 12.1 Å². The second-order valence-electron chi connectivity index (χ2n) is 8.28. The van der Waals surface area contributed by atoms with Crippen molar-refractivity contribution in [2.24, 2.45) is 11.3 Å². The van der Waals surface area contributed by atoms with Crippen LogP contribution in [0.5, 0.6) is 0 Å². The Balaban J connectivity index is 1.82. The van der Waals surface area contributed by atoms with Gasteiger partial charge >= 0.3 is 0 Å². The third-order valence-corrected chi connectivity index (χ3v) is 7.55. The molecule has 7 heteroatoms. The van der Waals surface area contributed by atoms with Gasteiger partial charge in [0.2, 0.25) is 0 Å². The molecule has 4 rings (SSSR count). The highest BCUT2D eigenvalue weighted by molar-refractivity contribution is 9.10. The topological polar surface area (TPSA) is 81.7 Å². The number of halogens is 3. The van der Waals surface area contributed by atoms with E-state index in [1.807, 2.05) is 0 Å². The summed E-state index contributed by atoms with van der Waals surface area (Å²) in [6.07, 6.45) is 1.57. The van der Waals surface area contributed by atoms with Crippen LogP contribution in [0.15, 0.2) is 93.4 Å². The Morgan fingerprint density at radius 1 is 0.829 bits per heavy atom. The number of hydrogen-bond donors (Lipinski definition) is 0. The third kappa shape index (κ3) is 4.88. The monoisotopic (exact) mass is 606 g/mol. The minimum atomic E-state index is -1.64. The maximum absolute atomic E-state index is 13.6. The summed E-state index contributed by atoms with van der Waals surface area (Å²) < 4.78 is 1.66. The van der Waals surface area contributed by atoms with Gasteiger partial charge in [0.1, 0.15) is 0 Å². The quantitative estimate of drug-likeness (QED) is 0.269. The predicted octanol–water partition coefficient (Wildman–Crippen LogP) is 7.69. The lowest BCUT2D eigenvalue weighted by Crippen LogP contribution is -2.32. The Hall–Kier alpha value is -3.03. The number of carbonyl (C=O) groups excluding carboxylic acids is 2. The molecule has 0 fully saturated rings. The number of benzene rings is 3. The highest BCUT2D eigenvalue weighted by atomic mass is 79.9. The first-order valence-corrected chi connectivity index (χ1v) is 12.6. The number of nitriles is 2. The summed E-state index contributed by atoms with van der Waals surface area (Å²) in [4.78, 5) is 26.8. The van der Waals surface area contributed by atoms with Gasteiger partial charge in [-0.1, -0.05) is 73.8 Å². The van der Waals surface area contributed by atoms with Gasteiger partial charge in [-0.05, 0) is 54.1 Å². The van der Waals surface area contributed by atoms with Crippen LogP contribution >= 0.6 is 43.5 Å². The SMILES string of the molecule is N#CC1(C#N)[C@@H](CC(=O)c2ccc(Br)cc2)C=C(C(=O)c2ccc(Br)cc2)[C@@H]1c1ccc(Cl)cc1. The highest BCUT2D eigenvalue weighted by Gasteiger charge is 2.54. The van der Waals surface area contributed by atoms with Crippen LogP contribution in [0.1, 0.15) is 38.6 Å². The molecule has 2 atom stereocenters. The summed E-state index contributed by atoms with van der Waals surface area (Å²) in [7, 11) is 0. The summed E-state index contributed by atoms with van der Waals surface area (Å²) in [5.41, 5.74) is 0.212. The smallest absolute Gasteiger partial charge is 0.189 e. The van der Waals surface area contributed by atoms with Crippen molar-refractivity contribution in [3.63, 3.8) is 0 Å². The molecule has 0 heterocycles. The Morgan fingerprint density at radius 2 is 1.34 bits per heavy atom. The van der Waals surface area contributed by atoms with Crippen LogP contribution in [-0.4, -0.2) is 11.6 Å². The zero-order chi connectivity index (χ0) is 25.2. The molecule has 0 bridgehead atoms. The largest absolute Gasteiger partial charge is 0.294 e. The second-order valence-corrected chi connectivity index (χ2v) is 10.5. The number of nitrogens with zero attached hydrogens (tertiary/aromatic N) is 2. The van der Waals surface area contributed by atoms with Gasteiger partial charge in [-0.15, -0.1) is 0 Å². The molecular weight excluding hydrogens is 592 g/mol. The van der Waals surface area contributed by atoms with Gasteiger partial charge in [-0.2, -0.15) is 10.5 Å². The molecule has 0 radical (unpaired) electrons. The summed E-state index contributed by atoms with van der Waals surface area (Å²) in [5.74, 6) is -2.11. The predicted molar refractivity (Wildman–Crippen MR) is 141 cm³/mol. The molecule has 0 unspecified atom stereocenters. The van der Waals surface area contributed by atoms with Gasteiger partial charge in [-0.25, -0.2) is 0 Å². The van der Waals surface area contributed by atoms with Crippen molar-refractivity contribution in [2.45, 2.75) is 12.3 Å². The molecule has 0 N–H and O–H groups in total. The van der Waals surface area contributed by atoms with Crippen LogP contribution in [0.4, 0.5) is 0 Å². The lowest BCUT2D eigenvalue weighted by atomic mass is 9.67. The van der Waals surface area contributed by atoms with Crippen molar-refractivity contribution in [3.05, 3.63) is 115 Å². The summed E-state index contributed by atoms with van der Waals surface area (Å²) in [6, 6.07) is 24.9. The number of ketones is 2. The molecule has 1 aliphatic rings. The van der Waals surface area contributed by atoms with Crippen LogP contribution in [0.25, 0.3) is 0 Å². The van der Waals surface area contributed by atoms with Crippen LogP contribution in [0.3, 0.4) is 0 Å². The van der Waals surface area contributed by atoms with E-state index in [4.69, 9.17) is 11.6 Å². The van der Waals surface area contributed by atoms with E-state index in [2.05, 4.69) is 44.0 Å². The molecule has 35 heavy (non-hydrogen) atoms. The molecule has 172 valence electrons. The van der Waals surface area contributed by atoms with Crippen LogP contribution in [0.2, 0.25) is 5.02 Å². The summed E-state index contributed by atoms with van der Waals surface area (Å²) in [5, 5.41) is 21.2. The molecule has 0 spiro atoms. The van der Waals surface area contributed by atoms with Gasteiger partial charge < -0.3 is 0 Å². The molecule has 0 aromatic heterocycles. The molecule has 0 saturated heterocycles. The van der Waals surface area contributed by atoms with Crippen molar-refractivity contribution in [3.8, 4) is 12.1 Å². The average molecular weight is 609 g/mol. The summed E-state index contributed by atoms with van der Waals surface area (Å²) in [6.45, 7) is 0. The maximum Gasteiger partial charge on any atom is 0.189 e. The van der Waals surface area contributed by atoms with Gasteiger partial charge in [0.15, 0.2) is 17.0 Å². The Bertz CT molecular complexity index is 1390. The lowest BCUT2D eigenvalue weighted by molar-refractivity contribution is 0.0955. The van der Waals surface area contributed by atoms with E-state index in [1.165, 1.54) is 0 Å². The fourth-order valence-electron chi connectivity index (χ4n) is 4.47. The fraction of sp³-hybridized carbons (Fsp3) is 0.143. The molecule has 3 aromatic carbocycles. The molecule has 1 aliphatic carbocycles. The standard InChI is InChI=1S/C28H17Br2ClN2O2/c29-21-7-1-17(2-8-21)25(34)14-20-13-24(27(35)19-3-9-22(30)10-4-19)26(28(20,15-32)16-33)18-5-11-23(31)12-6-18/h1-13,20,26H,14H2/t20-,26+/m1/s1.